The minimum Gasteiger partial charge on any atom is -0.289 e. The van der Waals surface area contributed by atoms with Gasteiger partial charge in [-0.15, -0.1) is 11.3 Å². The number of rotatable bonds is 0. The number of hydrogen-bond donors (Lipinski definition) is 0. The highest BCUT2D eigenvalue weighted by Gasteiger charge is 2.10. The number of aliphatic imine (C=N–C) groups is 1. The molecule has 0 bridgehead atoms. The van der Waals surface area contributed by atoms with Crippen LogP contribution in [0.5, 0.6) is 0 Å². The van der Waals surface area contributed by atoms with Gasteiger partial charge in [0, 0.05) is 29.1 Å². The average molecular weight is 151 g/mol. The molecule has 2 rings (SSSR count). The Balaban J connectivity index is 2.55. The SMILES string of the molecule is CC1=NCCc2sccc21. The first kappa shape index (κ1) is 6.10. The highest BCUT2D eigenvalue weighted by atomic mass is 32.1. The topological polar surface area (TPSA) is 12.4 Å². The summed E-state index contributed by atoms with van der Waals surface area (Å²) in [4.78, 5) is 5.87. The van der Waals surface area contributed by atoms with Gasteiger partial charge >= 0.3 is 0 Å². The molecule has 1 aliphatic heterocycles. The molecule has 0 atom stereocenters. The minimum absolute atomic E-state index is 0.985. The first-order valence-electron chi connectivity index (χ1n) is 3.46. The monoisotopic (exact) mass is 151 g/mol. The molecule has 0 N–H and O–H groups in total. The van der Waals surface area contributed by atoms with Gasteiger partial charge in [-0.1, -0.05) is 0 Å². The number of hydrogen-bond acceptors (Lipinski definition) is 2. The highest BCUT2D eigenvalue weighted by Crippen LogP contribution is 2.21. The maximum Gasteiger partial charge on any atom is 0.0441 e. The van der Waals surface area contributed by atoms with Crippen molar-refractivity contribution in [3.63, 3.8) is 0 Å². The van der Waals surface area contributed by atoms with Crippen LogP contribution in [-0.4, -0.2) is 12.3 Å². The van der Waals surface area contributed by atoms with E-state index in [0.29, 0.717) is 0 Å². The van der Waals surface area contributed by atoms with Crippen LogP contribution in [0.4, 0.5) is 0 Å². The van der Waals surface area contributed by atoms with Gasteiger partial charge < -0.3 is 0 Å². The second-order valence-electron chi connectivity index (χ2n) is 2.47. The van der Waals surface area contributed by atoms with E-state index >= 15 is 0 Å². The van der Waals surface area contributed by atoms with Crippen LogP contribution in [0, 0.1) is 0 Å². The fraction of sp³-hybridized carbons (Fsp3) is 0.375. The molecule has 10 heavy (non-hydrogen) atoms. The maximum absolute atomic E-state index is 4.37. The Morgan fingerprint density at radius 2 is 2.50 bits per heavy atom. The Bertz CT molecular complexity index is 273. The lowest BCUT2D eigenvalue weighted by Crippen LogP contribution is -2.05. The van der Waals surface area contributed by atoms with E-state index in [1.54, 1.807) is 0 Å². The molecule has 0 amide bonds. The van der Waals surface area contributed by atoms with Crippen molar-refractivity contribution < 1.29 is 0 Å². The Morgan fingerprint density at radius 3 is 3.30 bits per heavy atom. The number of fused-ring (bicyclic) bond motifs is 1. The third kappa shape index (κ3) is 0.797. The van der Waals surface area contributed by atoms with Crippen molar-refractivity contribution in [1.82, 2.24) is 0 Å². The van der Waals surface area contributed by atoms with Gasteiger partial charge in [0.25, 0.3) is 0 Å². The summed E-state index contributed by atoms with van der Waals surface area (Å²) in [6.07, 6.45) is 1.14. The molecule has 1 nitrogen and oxygen atoms in total. The Morgan fingerprint density at radius 1 is 1.60 bits per heavy atom. The third-order valence-corrected chi connectivity index (χ3v) is 2.80. The molecule has 0 spiro atoms. The lowest BCUT2D eigenvalue weighted by Gasteiger charge is -2.07. The van der Waals surface area contributed by atoms with E-state index < -0.39 is 0 Å². The molecule has 52 valence electrons. The summed E-state index contributed by atoms with van der Waals surface area (Å²) in [5, 5.41) is 2.15. The van der Waals surface area contributed by atoms with Gasteiger partial charge in [0.15, 0.2) is 0 Å². The van der Waals surface area contributed by atoms with Gasteiger partial charge in [-0.2, -0.15) is 0 Å². The van der Waals surface area contributed by atoms with Gasteiger partial charge in [0.05, 0.1) is 0 Å². The molecule has 0 aliphatic carbocycles. The van der Waals surface area contributed by atoms with Crippen LogP contribution in [0.15, 0.2) is 16.4 Å². The second-order valence-corrected chi connectivity index (χ2v) is 3.48. The van der Waals surface area contributed by atoms with Crippen molar-refractivity contribution in [3.05, 3.63) is 21.9 Å². The molecule has 0 fully saturated rings. The predicted molar refractivity (Wildman–Crippen MR) is 45.1 cm³/mol. The van der Waals surface area contributed by atoms with Crippen molar-refractivity contribution in [2.24, 2.45) is 4.99 Å². The molecule has 1 aliphatic rings. The zero-order valence-corrected chi connectivity index (χ0v) is 6.74. The maximum atomic E-state index is 4.37. The molecule has 0 saturated carbocycles. The molecule has 0 unspecified atom stereocenters. The summed E-state index contributed by atoms with van der Waals surface area (Å²) in [5.41, 5.74) is 2.58. The fourth-order valence-electron chi connectivity index (χ4n) is 1.27. The molecule has 0 aromatic carbocycles. The summed E-state index contributed by atoms with van der Waals surface area (Å²) < 4.78 is 0. The quantitative estimate of drug-likeness (QED) is 0.538. The third-order valence-electron chi connectivity index (χ3n) is 1.82. The van der Waals surface area contributed by atoms with Crippen LogP contribution in [0.2, 0.25) is 0 Å². The van der Waals surface area contributed by atoms with E-state index in [9.17, 15) is 0 Å². The first-order chi connectivity index (χ1) is 4.88. The number of thiophene rings is 1. The van der Waals surface area contributed by atoms with Crippen molar-refractivity contribution in [2.75, 3.05) is 6.54 Å². The summed E-state index contributed by atoms with van der Waals surface area (Å²) in [5.74, 6) is 0. The van der Waals surface area contributed by atoms with Crippen molar-refractivity contribution in [1.29, 1.82) is 0 Å². The molecule has 1 aromatic rings. The van der Waals surface area contributed by atoms with Gasteiger partial charge in [-0.05, 0) is 18.4 Å². The van der Waals surface area contributed by atoms with Gasteiger partial charge in [0.1, 0.15) is 0 Å². The molecule has 2 heterocycles. The van der Waals surface area contributed by atoms with Crippen molar-refractivity contribution in [2.45, 2.75) is 13.3 Å². The normalized spacial score (nSPS) is 16.3. The van der Waals surface area contributed by atoms with Crippen LogP contribution in [-0.2, 0) is 6.42 Å². The van der Waals surface area contributed by atoms with Gasteiger partial charge in [-0.3, -0.25) is 4.99 Å². The molecule has 0 radical (unpaired) electrons. The lowest BCUT2D eigenvalue weighted by atomic mass is 10.1. The fourth-order valence-corrected chi connectivity index (χ4v) is 2.19. The predicted octanol–water partition coefficient (Wildman–Crippen LogP) is 2.11. The van der Waals surface area contributed by atoms with E-state index in [4.69, 9.17) is 0 Å². The van der Waals surface area contributed by atoms with Crippen molar-refractivity contribution >= 4 is 17.0 Å². The Kier molecular flexibility index (Phi) is 1.34. The van der Waals surface area contributed by atoms with E-state index in [-0.39, 0.29) is 0 Å². The summed E-state index contributed by atoms with van der Waals surface area (Å²) in [7, 11) is 0. The number of nitrogens with zero attached hydrogens (tertiary/aromatic N) is 1. The van der Waals surface area contributed by atoms with Crippen LogP contribution >= 0.6 is 11.3 Å². The Labute approximate surface area is 64.4 Å². The summed E-state index contributed by atoms with van der Waals surface area (Å²) in [6.45, 7) is 3.07. The average Bonchev–Trinajstić information content (AvgIpc) is 2.36. The van der Waals surface area contributed by atoms with E-state index in [2.05, 4.69) is 23.4 Å². The van der Waals surface area contributed by atoms with Crippen LogP contribution in [0.1, 0.15) is 17.4 Å². The van der Waals surface area contributed by atoms with Crippen LogP contribution in [0.25, 0.3) is 0 Å². The van der Waals surface area contributed by atoms with Crippen LogP contribution in [0.3, 0.4) is 0 Å². The molecule has 0 saturated heterocycles. The van der Waals surface area contributed by atoms with E-state index in [1.807, 2.05) is 11.3 Å². The minimum atomic E-state index is 0.985. The zero-order valence-electron chi connectivity index (χ0n) is 5.92. The van der Waals surface area contributed by atoms with E-state index in [0.717, 1.165) is 13.0 Å². The smallest absolute Gasteiger partial charge is 0.0441 e. The lowest BCUT2D eigenvalue weighted by molar-refractivity contribution is 0.963. The summed E-state index contributed by atoms with van der Waals surface area (Å²) >= 11 is 1.85. The summed E-state index contributed by atoms with van der Waals surface area (Å²) in [6, 6.07) is 2.16. The van der Waals surface area contributed by atoms with Gasteiger partial charge in [0.2, 0.25) is 0 Å². The molecule has 2 heteroatoms. The second kappa shape index (κ2) is 2.20. The first-order valence-corrected chi connectivity index (χ1v) is 4.33. The molecule has 1 aromatic heterocycles. The van der Waals surface area contributed by atoms with Gasteiger partial charge in [-0.25, -0.2) is 0 Å². The zero-order chi connectivity index (χ0) is 6.97. The largest absolute Gasteiger partial charge is 0.289 e. The van der Waals surface area contributed by atoms with E-state index in [1.165, 1.54) is 16.2 Å². The van der Waals surface area contributed by atoms with Crippen molar-refractivity contribution in [3.8, 4) is 0 Å². The Hall–Kier alpha value is -0.630. The standard InChI is InChI=1S/C8H9NS/c1-6-7-3-5-10-8(7)2-4-9-6/h3,5H,2,4H2,1H3. The van der Waals surface area contributed by atoms with Crippen LogP contribution < -0.4 is 0 Å². The molecular formula is C8H9NS. The molecular weight excluding hydrogens is 142 g/mol. The highest BCUT2D eigenvalue weighted by molar-refractivity contribution is 7.10.